The molecule has 0 bridgehead atoms. The lowest BCUT2D eigenvalue weighted by Crippen LogP contribution is -2.31. The zero-order chi connectivity index (χ0) is 13.5. The predicted molar refractivity (Wildman–Crippen MR) is 69.7 cm³/mol. The minimum Gasteiger partial charge on any atom is -0.397 e. The molecule has 0 fully saturated rings. The maximum absolute atomic E-state index is 11.4. The molecule has 6 nitrogen and oxygen atoms in total. The van der Waals surface area contributed by atoms with Crippen molar-refractivity contribution in [2.75, 3.05) is 17.6 Å². The summed E-state index contributed by atoms with van der Waals surface area (Å²) in [5.74, 6) is 0.412. The lowest BCUT2D eigenvalue weighted by atomic mass is 10.2. The number of pyridine rings is 1. The van der Waals surface area contributed by atoms with Crippen LogP contribution in [0.15, 0.2) is 12.3 Å². The van der Waals surface area contributed by atoms with Crippen LogP contribution < -0.4 is 16.4 Å². The predicted octanol–water partition coefficient (Wildman–Crippen LogP) is 0.862. The first-order valence-electron chi connectivity index (χ1n) is 5.71. The van der Waals surface area contributed by atoms with Crippen molar-refractivity contribution in [3.8, 4) is 6.07 Å². The van der Waals surface area contributed by atoms with E-state index >= 15 is 0 Å². The number of rotatable bonds is 5. The minimum absolute atomic E-state index is 0.0357. The van der Waals surface area contributed by atoms with Crippen LogP contribution in [0.5, 0.6) is 0 Å². The first-order chi connectivity index (χ1) is 8.52. The number of nitrogens with two attached hydrogens (primary N) is 1. The largest absolute Gasteiger partial charge is 0.397 e. The molecule has 0 radical (unpaired) electrons. The van der Waals surface area contributed by atoms with Gasteiger partial charge in [-0.15, -0.1) is 0 Å². The van der Waals surface area contributed by atoms with Crippen LogP contribution >= 0.6 is 0 Å². The van der Waals surface area contributed by atoms with Crippen LogP contribution in [0.2, 0.25) is 0 Å². The van der Waals surface area contributed by atoms with E-state index in [1.165, 1.54) is 6.20 Å². The van der Waals surface area contributed by atoms with Crippen molar-refractivity contribution in [2.24, 2.45) is 0 Å². The fraction of sp³-hybridized carbons (Fsp3) is 0.417. The van der Waals surface area contributed by atoms with Crippen molar-refractivity contribution < 1.29 is 4.79 Å². The van der Waals surface area contributed by atoms with Gasteiger partial charge in [-0.05, 0) is 19.9 Å². The molecule has 0 unspecified atom stereocenters. The molecule has 1 heterocycles. The van der Waals surface area contributed by atoms with E-state index in [4.69, 9.17) is 11.0 Å². The van der Waals surface area contributed by atoms with E-state index in [1.807, 2.05) is 19.9 Å². The number of carbonyl (C=O) groups is 1. The van der Waals surface area contributed by atoms with E-state index in [1.54, 1.807) is 6.07 Å². The quantitative estimate of drug-likeness (QED) is 0.716. The third-order valence-corrected chi connectivity index (χ3v) is 2.12. The highest BCUT2D eigenvalue weighted by atomic mass is 16.1. The number of nitriles is 1. The molecule has 96 valence electrons. The van der Waals surface area contributed by atoms with Gasteiger partial charge in [0.25, 0.3) is 0 Å². The van der Waals surface area contributed by atoms with E-state index in [2.05, 4.69) is 15.6 Å². The number of nitrogens with one attached hydrogen (secondary N) is 2. The van der Waals surface area contributed by atoms with Gasteiger partial charge in [-0.25, -0.2) is 4.98 Å². The first kappa shape index (κ1) is 13.8. The third-order valence-electron chi connectivity index (χ3n) is 2.12. The number of hydrogen-bond acceptors (Lipinski definition) is 5. The molecule has 0 aliphatic carbocycles. The molecule has 0 atom stereocenters. The Kier molecular flexibility index (Phi) is 4.93. The molecule has 4 N–H and O–H groups in total. The van der Waals surface area contributed by atoms with E-state index in [0.29, 0.717) is 30.0 Å². The van der Waals surface area contributed by atoms with Gasteiger partial charge in [-0.3, -0.25) is 4.79 Å². The van der Waals surface area contributed by atoms with Crippen LogP contribution in [0.25, 0.3) is 0 Å². The van der Waals surface area contributed by atoms with E-state index in [0.717, 1.165) is 0 Å². The summed E-state index contributed by atoms with van der Waals surface area (Å²) in [5.41, 5.74) is 6.34. The molecule has 6 heteroatoms. The van der Waals surface area contributed by atoms with Gasteiger partial charge in [-0.2, -0.15) is 5.26 Å². The van der Waals surface area contributed by atoms with Crippen LogP contribution in [0.3, 0.4) is 0 Å². The summed E-state index contributed by atoms with van der Waals surface area (Å²) in [6.45, 7) is 4.23. The number of amides is 1. The van der Waals surface area contributed by atoms with Crippen LogP contribution in [0.4, 0.5) is 11.5 Å². The molecule has 0 aliphatic rings. The Morgan fingerprint density at radius 1 is 1.61 bits per heavy atom. The van der Waals surface area contributed by atoms with E-state index < -0.39 is 0 Å². The molecule has 1 rings (SSSR count). The van der Waals surface area contributed by atoms with Gasteiger partial charge >= 0.3 is 0 Å². The molecule has 0 saturated heterocycles. The SMILES string of the molecule is CC(C)NC(=O)CCNc1ncc(N)cc1C#N. The lowest BCUT2D eigenvalue weighted by Gasteiger charge is -2.10. The molecule has 1 amide bonds. The summed E-state index contributed by atoms with van der Waals surface area (Å²) in [7, 11) is 0. The Morgan fingerprint density at radius 2 is 2.33 bits per heavy atom. The molecule has 0 aromatic carbocycles. The van der Waals surface area contributed by atoms with Gasteiger partial charge < -0.3 is 16.4 Å². The fourth-order valence-corrected chi connectivity index (χ4v) is 1.40. The fourth-order valence-electron chi connectivity index (χ4n) is 1.40. The number of hydrogen-bond donors (Lipinski definition) is 3. The van der Waals surface area contributed by atoms with Gasteiger partial charge in [-0.1, -0.05) is 0 Å². The minimum atomic E-state index is -0.0357. The Labute approximate surface area is 106 Å². The van der Waals surface area contributed by atoms with Crippen LogP contribution in [-0.4, -0.2) is 23.5 Å². The van der Waals surface area contributed by atoms with Gasteiger partial charge in [0.2, 0.25) is 5.91 Å². The highest BCUT2D eigenvalue weighted by Crippen LogP contribution is 2.13. The summed E-state index contributed by atoms with van der Waals surface area (Å²) in [6.07, 6.45) is 1.80. The monoisotopic (exact) mass is 247 g/mol. The topological polar surface area (TPSA) is 104 Å². The van der Waals surface area contributed by atoms with Gasteiger partial charge in [0.05, 0.1) is 17.4 Å². The number of nitrogens with zero attached hydrogens (tertiary/aromatic N) is 2. The average molecular weight is 247 g/mol. The standard InChI is InChI=1S/C12H17N5O/c1-8(2)17-11(18)3-4-15-12-9(6-13)5-10(14)7-16-12/h5,7-8H,3-4,14H2,1-2H3,(H,15,16)(H,17,18). The Morgan fingerprint density at radius 3 is 2.94 bits per heavy atom. The van der Waals surface area contributed by atoms with Crippen LogP contribution in [-0.2, 0) is 4.79 Å². The van der Waals surface area contributed by atoms with Gasteiger partial charge in [0, 0.05) is 19.0 Å². The molecule has 0 aliphatic heterocycles. The van der Waals surface area contributed by atoms with Gasteiger partial charge in [0.15, 0.2) is 0 Å². The smallest absolute Gasteiger partial charge is 0.221 e. The summed E-state index contributed by atoms with van der Waals surface area (Å²) < 4.78 is 0. The van der Waals surface area contributed by atoms with Crippen LogP contribution in [0, 0.1) is 11.3 Å². The van der Waals surface area contributed by atoms with E-state index in [9.17, 15) is 4.79 Å². The first-order valence-corrected chi connectivity index (χ1v) is 5.71. The second-order valence-electron chi connectivity index (χ2n) is 4.18. The molecule has 18 heavy (non-hydrogen) atoms. The third kappa shape index (κ3) is 4.29. The van der Waals surface area contributed by atoms with Crippen molar-refractivity contribution in [1.82, 2.24) is 10.3 Å². The number of aromatic nitrogens is 1. The van der Waals surface area contributed by atoms with Crippen molar-refractivity contribution in [3.05, 3.63) is 17.8 Å². The highest BCUT2D eigenvalue weighted by molar-refractivity contribution is 5.76. The zero-order valence-electron chi connectivity index (χ0n) is 10.5. The van der Waals surface area contributed by atoms with Crippen molar-refractivity contribution in [1.29, 1.82) is 5.26 Å². The Bertz CT molecular complexity index is 464. The molecular formula is C12H17N5O. The summed E-state index contributed by atoms with van der Waals surface area (Å²) in [5, 5.41) is 14.6. The average Bonchev–Trinajstić information content (AvgIpc) is 2.30. The Balaban J connectivity index is 2.50. The maximum atomic E-state index is 11.4. The zero-order valence-corrected chi connectivity index (χ0v) is 10.5. The second kappa shape index (κ2) is 6.45. The van der Waals surface area contributed by atoms with Crippen molar-refractivity contribution in [3.63, 3.8) is 0 Å². The Hall–Kier alpha value is -2.29. The van der Waals surface area contributed by atoms with Gasteiger partial charge in [0.1, 0.15) is 11.9 Å². The molecular weight excluding hydrogens is 230 g/mol. The van der Waals surface area contributed by atoms with Crippen LogP contribution in [0.1, 0.15) is 25.8 Å². The van der Waals surface area contributed by atoms with Crippen molar-refractivity contribution in [2.45, 2.75) is 26.3 Å². The summed E-state index contributed by atoms with van der Waals surface area (Å²) in [4.78, 5) is 15.4. The lowest BCUT2D eigenvalue weighted by molar-refractivity contribution is -0.121. The summed E-state index contributed by atoms with van der Waals surface area (Å²) >= 11 is 0. The molecule has 0 saturated carbocycles. The number of carbonyl (C=O) groups excluding carboxylic acids is 1. The number of nitrogen functional groups attached to an aromatic ring is 1. The van der Waals surface area contributed by atoms with Crippen molar-refractivity contribution >= 4 is 17.4 Å². The summed E-state index contributed by atoms with van der Waals surface area (Å²) in [6, 6.07) is 3.67. The maximum Gasteiger partial charge on any atom is 0.221 e. The number of anilines is 2. The highest BCUT2D eigenvalue weighted by Gasteiger charge is 2.06. The molecule has 1 aromatic heterocycles. The van der Waals surface area contributed by atoms with E-state index in [-0.39, 0.29) is 11.9 Å². The second-order valence-corrected chi connectivity index (χ2v) is 4.18. The normalized spacial score (nSPS) is 9.89. The molecule has 1 aromatic rings. The molecule has 0 spiro atoms.